The van der Waals surface area contributed by atoms with Crippen LogP contribution in [0.4, 0.5) is 5.82 Å². The molecule has 0 radical (unpaired) electrons. The van der Waals surface area contributed by atoms with Crippen molar-refractivity contribution < 1.29 is 9.84 Å². The van der Waals surface area contributed by atoms with Crippen molar-refractivity contribution in [3.63, 3.8) is 0 Å². The average molecular weight is 311 g/mol. The van der Waals surface area contributed by atoms with Crippen LogP contribution in [0.2, 0.25) is 0 Å². The molecule has 0 atom stereocenters. The van der Waals surface area contributed by atoms with Gasteiger partial charge in [0.05, 0.1) is 13.2 Å². The summed E-state index contributed by atoms with van der Waals surface area (Å²) in [4.78, 5) is 7.65. The molecule has 0 saturated heterocycles. The molecule has 3 aromatic rings. The third-order valence-electron chi connectivity index (χ3n) is 3.79. The second-order valence-electron chi connectivity index (χ2n) is 5.37. The van der Waals surface area contributed by atoms with E-state index in [-0.39, 0.29) is 6.61 Å². The van der Waals surface area contributed by atoms with E-state index in [2.05, 4.69) is 22.2 Å². The molecule has 1 aromatic carbocycles. The highest BCUT2D eigenvalue weighted by atomic mass is 16.5. The lowest BCUT2D eigenvalue weighted by Gasteiger charge is -2.12. The van der Waals surface area contributed by atoms with Crippen molar-refractivity contribution in [2.75, 3.05) is 19.0 Å². The van der Waals surface area contributed by atoms with Crippen molar-refractivity contribution in [3.8, 4) is 16.9 Å². The Kier molecular flexibility index (Phi) is 4.48. The Labute approximate surface area is 135 Å². The van der Waals surface area contributed by atoms with Gasteiger partial charge >= 0.3 is 0 Å². The Hall–Kier alpha value is -2.53. The summed E-state index contributed by atoms with van der Waals surface area (Å²) in [7, 11) is 1.85. The minimum Gasteiger partial charge on any atom is -0.493 e. The van der Waals surface area contributed by atoms with Crippen molar-refractivity contribution in [2.24, 2.45) is 0 Å². The fraction of sp³-hybridized carbons (Fsp3) is 0.278. The van der Waals surface area contributed by atoms with Crippen molar-refractivity contribution in [1.29, 1.82) is 0 Å². The Bertz CT molecular complexity index is 811. The molecule has 0 spiro atoms. The number of nitrogens with zero attached hydrogens (tertiary/aromatic N) is 1. The van der Waals surface area contributed by atoms with E-state index in [1.165, 1.54) is 0 Å². The topological polar surface area (TPSA) is 70.2 Å². The number of anilines is 1. The molecule has 0 aliphatic carbocycles. The molecule has 0 aliphatic rings. The van der Waals surface area contributed by atoms with Gasteiger partial charge in [-0.3, -0.25) is 0 Å². The summed E-state index contributed by atoms with van der Waals surface area (Å²) in [6.07, 6.45) is 2.82. The first-order valence-corrected chi connectivity index (χ1v) is 7.79. The molecule has 0 bridgehead atoms. The van der Waals surface area contributed by atoms with Crippen molar-refractivity contribution in [3.05, 3.63) is 42.1 Å². The summed E-state index contributed by atoms with van der Waals surface area (Å²) in [5.74, 6) is 1.54. The second-order valence-corrected chi connectivity index (χ2v) is 5.37. The summed E-state index contributed by atoms with van der Waals surface area (Å²) >= 11 is 0. The molecule has 2 heterocycles. The Morgan fingerprint density at radius 1 is 1.26 bits per heavy atom. The van der Waals surface area contributed by atoms with E-state index in [1.807, 2.05) is 43.6 Å². The Morgan fingerprint density at radius 3 is 2.87 bits per heavy atom. The zero-order valence-electron chi connectivity index (χ0n) is 13.4. The lowest BCUT2D eigenvalue weighted by Crippen LogP contribution is -1.99. The van der Waals surface area contributed by atoms with Crippen LogP contribution in [0.15, 0.2) is 36.5 Å². The minimum absolute atomic E-state index is 0.0485. The second kappa shape index (κ2) is 6.71. The smallest absolute Gasteiger partial charge is 0.140 e. The van der Waals surface area contributed by atoms with Crippen molar-refractivity contribution >= 4 is 16.9 Å². The molecule has 2 aromatic heterocycles. The predicted octanol–water partition coefficient (Wildman–Crippen LogP) is 3.55. The lowest BCUT2D eigenvalue weighted by molar-refractivity contribution is 0.263. The lowest BCUT2D eigenvalue weighted by atomic mass is 10.0. The molecular weight excluding hydrogens is 290 g/mol. The number of hydrogen-bond donors (Lipinski definition) is 3. The molecule has 0 amide bonds. The average Bonchev–Trinajstić information content (AvgIpc) is 3.07. The number of H-pyrrole nitrogens is 1. The van der Waals surface area contributed by atoms with Crippen LogP contribution in [-0.4, -0.2) is 28.7 Å². The van der Waals surface area contributed by atoms with E-state index in [0.717, 1.165) is 45.7 Å². The first kappa shape index (κ1) is 15.4. The van der Waals surface area contributed by atoms with Crippen LogP contribution in [0.25, 0.3) is 22.2 Å². The zero-order chi connectivity index (χ0) is 16.2. The summed E-state index contributed by atoms with van der Waals surface area (Å²) in [6, 6.07) is 9.95. The van der Waals surface area contributed by atoms with Gasteiger partial charge in [0, 0.05) is 24.2 Å². The molecule has 0 unspecified atom stereocenters. The highest BCUT2D eigenvalue weighted by molar-refractivity contribution is 5.94. The highest BCUT2D eigenvalue weighted by Gasteiger charge is 2.11. The largest absolute Gasteiger partial charge is 0.493 e. The Balaban J connectivity index is 2.09. The number of aromatic nitrogens is 2. The fourth-order valence-corrected chi connectivity index (χ4v) is 2.63. The van der Waals surface area contributed by atoms with Gasteiger partial charge in [-0.2, -0.15) is 0 Å². The molecule has 0 aliphatic heterocycles. The minimum atomic E-state index is -0.0485. The van der Waals surface area contributed by atoms with E-state index >= 15 is 0 Å². The van der Waals surface area contributed by atoms with Gasteiger partial charge in [-0.25, -0.2) is 4.98 Å². The molecule has 23 heavy (non-hydrogen) atoms. The van der Waals surface area contributed by atoms with Gasteiger partial charge in [0.2, 0.25) is 0 Å². The molecule has 120 valence electrons. The van der Waals surface area contributed by atoms with Crippen LogP contribution in [0.1, 0.15) is 18.9 Å². The summed E-state index contributed by atoms with van der Waals surface area (Å²) in [5.41, 5.74) is 3.73. The number of pyridine rings is 1. The molecule has 0 fully saturated rings. The number of benzene rings is 1. The van der Waals surface area contributed by atoms with E-state index in [4.69, 9.17) is 4.74 Å². The van der Waals surface area contributed by atoms with Gasteiger partial charge in [0.25, 0.3) is 0 Å². The third-order valence-corrected chi connectivity index (χ3v) is 3.79. The predicted molar refractivity (Wildman–Crippen MR) is 92.8 cm³/mol. The summed E-state index contributed by atoms with van der Waals surface area (Å²) < 4.78 is 5.69. The summed E-state index contributed by atoms with van der Waals surface area (Å²) in [5, 5.41) is 13.8. The first-order valence-electron chi connectivity index (χ1n) is 7.79. The van der Waals surface area contributed by atoms with Crippen molar-refractivity contribution in [2.45, 2.75) is 20.0 Å². The van der Waals surface area contributed by atoms with Crippen LogP contribution in [0, 0.1) is 0 Å². The number of aromatic amines is 1. The number of nitrogens with one attached hydrogen (secondary N) is 2. The standard InChI is InChI=1S/C18H21N3O2/c1-3-8-23-16-5-4-12(9-13(16)11-22)15-10-17(19-2)21-18-14(15)6-7-20-18/h4-7,9-10,22H,3,8,11H2,1-2H3,(H2,19,20,21). The number of rotatable bonds is 6. The van der Waals surface area contributed by atoms with Gasteiger partial charge in [0.15, 0.2) is 0 Å². The van der Waals surface area contributed by atoms with Gasteiger partial charge in [-0.05, 0) is 41.8 Å². The molecule has 3 rings (SSSR count). The summed E-state index contributed by atoms with van der Waals surface area (Å²) in [6.45, 7) is 2.66. The Morgan fingerprint density at radius 2 is 2.13 bits per heavy atom. The van der Waals surface area contributed by atoms with Gasteiger partial charge in [0.1, 0.15) is 17.2 Å². The van der Waals surface area contributed by atoms with Gasteiger partial charge < -0.3 is 20.1 Å². The maximum absolute atomic E-state index is 9.65. The molecule has 0 saturated carbocycles. The maximum Gasteiger partial charge on any atom is 0.140 e. The van der Waals surface area contributed by atoms with Crippen LogP contribution < -0.4 is 10.1 Å². The van der Waals surface area contributed by atoms with Crippen LogP contribution in [0.3, 0.4) is 0 Å². The quantitative estimate of drug-likeness (QED) is 0.651. The van der Waals surface area contributed by atoms with E-state index in [1.54, 1.807) is 0 Å². The normalized spacial score (nSPS) is 10.9. The number of ether oxygens (including phenoxy) is 1. The van der Waals surface area contributed by atoms with Gasteiger partial charge in [-0.15, -0.1) is 0 Å². The van der Waals surface area contributed by atoms with Crippen LogP contribution in [-0.2, 0) is 6.61 Å². The van der Waals surface area contributed by atoms with E-state index in [9.17, 15) is 5.11 Å². The molecular formula is C18H21N3O2. The first-order chi connectivity index (χ1) is 11.3. The number of aliphatic hydroxyl groups excluding tert-OH is 1. The van der Waals surface area contributed by atoms with E-state index in [0.29, 0.717) is 6.61 Å². The molecule has 3 N–H and O–H groups in total. The monoisotopic (exact) mass is 311 g/mol. The maximum atomic E-state index is 9.65. The number of hydrogen-bond acceptors (Lipinski definition) is 4. The fourth-order valence-electron chi connectivity index (χ4n) is 2.63. The molecule has 5 heteroatoms. The van der Waals surface area contributed by atoms with Crippen LogP contribution >= 0.6 is 0 Å². The van der Waals surface area contributed by atoms with Crippen LogP contribution in [0.5, 0.6) is 5.75 Å². The zero-order valence-corrected chi connectivity index (χ0v) is 13.4. The number of aliphatic hydroxyl groups is 1. The number of fused-ring (bicyclic) bond motifs is 1. The third kappa shape index (κ3) is 3.00. The van der Waals surface area contributed by atoms with Crippen molar-refractivity contribution in [1.82, 2.24) is 9.97 Å². The van der Waals surface area contributed by atoms with Gasteiger partial charge in [-0.1, -0.05) is 13.0 Å². The van der Waals surface area contributed by atoms with E-state index < -0.39 is 0 Å². The molecule has 5 nitrogen and oxygen atoms in total. The SMILES string of the molecule is CCCOc1ccc(-c2cc(NC)nc3[nH]ccc23)cc1CO. The highest BCUT2D eigenvalue weighted by Crippen LogP contribution is 2.32.